The summed E-state index contributed by atoms with van der Waals surface area (Å²) < 4.78 is 5.57. The number of carbonyl (C=O) groups is 2. The fourth-order valence-electron chi connectivity index (χ4n) is 2.87. The molecule has 5 heteroatoms. The van der Waals surface area contributed by atoms with Crippen LogP contribution in [0.15, 0.2) is 36.4 Å². The van der Waals surface area contributed by atoms with Gasteiger partial charge in [0.15, 0.2) is 11.5 Å². The molecule has 0 aliphatic carbocycles. The van der Waals surface area contributed by atoms with Crippen LogP contribution in [-0.4, -0.2) is 30.5 Å². The van der Waals surface area contributed by atoms with Gasteiger partial charge in [-0.1, -0.05) is 50.0 Å². The van der Waals surface area contributed by atoms with Crippen molar-refractivity contribution in [2.24, 2.45) is 0 Å². The SMILES string of the molecule is CNC(=O)C(=O)CCCCC/C=C\CCCCCCCOc1ccccc1O. The van der Waals surface area contributed by atoms with E-state index in [0.29, 0.717) is 18.8 Å². The van der Waals surface area contributed by atoms with Gasteiger partial charge in [-0.25, -0.2) is 0 Å². The van der Waals surface area contributed by atoms with Crippen LogP contribution in [0.2, 0.25) is 0 Å². The monoisotopic (exact) mass is 389 g/mol. The molecular formula is C23H35NO4. The topological polar surface area (TPSA) is 75.6 Å². The van der Waals surface area contributed by atoms with Crippen molar-refractivity contribution in [2.45, 2.75) is 70.6 Å². The largest absolute Gasteiger partial charge is 0.504 e. The second-order valence-electron chi connectivity index (χ2n) is 6.95. The van der Waals surface area contributed by atoms with Crippen LogP contribution >= 0.6 is 0 Å². The van der Waals surface area contributed by atoms with Crippen LogP contribution in [0.3, 0.4) is 0 Å². The number of hydrogen-bond donors (Lipinski definition) is 2. The van der Waals surface area contributed by atoms with Crippen molar-refractivity contribution in [1.82, 2.24) is 5.32 Å². The minimum Gasteiger partial charge on any atom is -0.504 e. The van der Waals surface area contributed by atoms with Gasteiger partial charge in [0, 0.05) is 13.5 Å². The number of likely N-dealkylation sites (N-methyl/N-ethyl adjacent to an activating group) is 1. The van der Waals surface area contributed by atoms with Crippen molar-refractivity contribution >= 4 is 11.7 Å². The van der Waals surface area contributed by atoms with Crippen LogP contribution in [-0.2, 0) is 9.59 Å². The lowest BCUT2D eigenvalue weighted by molar-refractivity contribution is -0.137. The Morgan fingerprint density at radius 2 is 1.54 bits per heavy atom. The Labute approximate surface area is 169 Å². The lowest BCUT2D eigenvalue weighted by atomic mass is 10.1. The number of aromatic hydroxyl groups is 1. The van der Waals surface area contributed by atoms with Gasteiger partial charge in [0.05, 0.1) is 6.61 Å². The molecule has 0 spiro atoms. The number of ether oxygens (including phenoxy) is 1. The minimum atomic E-state index is -0.483. The molecule has 0 radical (unpaired) electrons. The van der Waals surface area contributed by atoms with Gasteiger partial charge in [-0.05, 0) is 50.7 Å². The molecule has 0 unspecified atom stereocenters. The molecule has 156 valence electrons. The Kier molecular flexibility index (Phi) is 13.3. The summed E-state index contributed by atoms with van der Waals surface area (Å²) in [6.07, 6.45) is 15.6. The van der Waals surface area contributed by atoms with Crippen LogP contribution in [0.1, 0.15) is 70.6 Å². The molecule has 28 heavy (non-hydrogen) atoms. The lowest BCUT2D eigenvalue weighted by Gasteiger charge is -2.07. The molecule has 0 aliphatic rings. The fraction of sp³-hybridized carbons (Fsp3) is 0.565. The van der Waals surface area contributed by atoms with E-state index in [-0.39, 0.29) is 11.5 Å². The Balaban J connectivity index is 1.85. The molecule has 0 aliphatic heterocycles. The summed E-state index contributed by atoms with van der Waals surface area (Å²) in [5.41, 5.74) is 0. The van der Waals surface area contributed by atoms with Crippen molar-refractivity contribution in [3.8, 4) is 11.5 Å². The third-order valence-electron chi connectivity index (χ3n) is 4.56. The van der Waals surface area contributed by atoms with Crippen molar-refractivity contribution in [2.75, 3.05) is 13.7 Å². The number of hydrogen-bond acceptors (Lipinski definition) is 4. The van der Waals surface area contributed by atoms with E-state index in [1.165, 1.54) is 26.3 Å². The average Bonchev–Trinajstić information content (AvgIpc) is 2.71. The Bertz CT molecular complexity index is 598. The molecule has 5 nitrogen and oxygen atoms in total. The highest BCUT2D eigenvalue weighted by molar-refractivity contribution is 6.36. The van der Waals surface area contributed by atoms with E-state index in [1.54, 1.807) is 18.2 Å². The Hall–Kier alpha value is -2.30. The maximum Gasteiger partial charge on any atom is 0.287 e. The smallest absolute Gasteiger partial charge is 0.287 e. The summed E-state index contributed by atoms with van der Waals surface area (Å²) in [6.45, 7) is 0.645. The van der Waals surface area contributed by atoms with E-state index in [2.05, 4.69) is 17.5 Å². The third-order valence-corrected chi connectivity index (χ3v) is 4.56. The molecule has 1 aromatic carbocycles. The normalized spacial score (nSPS) is 10.9. The highest BCUT2D eigenvalue weighted by atomic mass is 16.5. The van der Waals surface area contributed by atoms with Gasteiger partial charge in [0.2, 0.25) is 5.78 Å². The number of para-hydroxylation sites is 2. The molecule has 0 bridgehead atoms. The summed E-state index contributed by atoms with van der Waals surface area (Å²) >= 11 is 0. The number of carbonyl (C=O) groups excluding carboxylic acids is 2. The number of rotatable bonds is 16. The zero-order valence-corrected chi connectivity index (χ0v) is 17.1. The van der Waals surface area contributed by atoms with E-state index >= 15 is 0 Å². The number of phenols is 1. The van der Waals surface area contributed by atoms with E-state index in [9.17, 15) is 14.7 Å². The van der Waals surface area contributed by atoms with Crippen LogP contribution in [0, 0.1) is 0 Å². The molecule has 1 amide bonds. The molecule has 0 saturated carbocycles. The van der Waals surface area contributed by atoms with Crippen LogP contribution in [0.25, 0.3) is 0 Å². The van der Waals surface area contributed by atoms with Gasteiger partial charge in [-0.15, -0.1) is 0 Å². The van der Waals surface area contributed by atoms with Crippen molar-refractivity contribution in [3.05, 3.63) is 36.4 Å². The van der Waals surface area contributed by atoms with Gasteiger partial charge >= 0.3 is 0 Å². The molecular weight excluding hydrogens is 354 g/mol. The number of allylic oxidation sites excluding steroid dienone is 2. The predicted octanol–water partition coefficient (Wildman–Crippen LogP) is 4.93. The molecule has 0 saturated heterocycles. The first kappa shape index (κ1) is 23.7. The van der Waals surface area contributed by atoms with Crippen LogP contribution in [0.4, 0.5) is 0 Å². The predicted molar refractivity (Wildman–Crippen MR) is 113 cm³/mol. The molecule has 0 atom stereocenters. The van der Waals surface area contributed by atoms with Gasteiger partial charge in [0.25, 0.3) is 5.91 Å². The quantitative estimate of drug-likeness (QED) is 0.239. The molecule has 2 N–H and O–H groups in total. The number of nitrogens with one attached hydrogen (secondary N) is 1. The molecule has 1 rings (SSSR count). The van der Waals surface area contributed by atoms with Crippen LogP contribution < -0.4 is 10.1 Å². The summed E-state index contributed by atoms with van der Waals surface area (Å²) in [4.78, 5) is 22.4. The van der Waals surface area contributed by atoms with Crippen molar-refractivity contribution in [3.63, 3.8) is 0 Å². The van der Waals surface area contributed by atoms with Crippen molar-refractivity contribution < 1.29 is 19.4 Å². The second kappa shape index (κ2) is 15.7. The molecule has 0 fully saturated rings. The average molecular weight is 390 g/mol. The number of amides is 1. The third kappa shape index (κ3) is 11.4. The summed E-state index contributed by atoms with van der Waals surface area (Å²) in [5, 5.41) is 12.0. The Morgan fingerprint density at radius 3 is 2.21 bits per heavy atom. The molecule has 0 heterocycles. The minimum absolute atomic E-state index is 0.201. The van der Waals surface area contributed by atoms with Gasteiger partial charge in [-0.3, -0.25) is 9.59 Å². The summed E-state index contributed by atoms with van der Waals surface area (Å²) in [5.74, 6) is -0.0388. The van der Waals surface area contributed by atoms with E-state index in [4.69, 9.17) is 4.74 Å². The first-order valence-corrected chi connectivity index (χ1v) is 10.5. The first-order valence-electron chi connectivity index (χ1n) is 10.5. The van der Waals surface area contributed by atoms with Gasteiger partial charge in [0.1, 0.15) is 0 Å². The maximum absolute atomic E-state index is 11.3. The molecule has 0 aromatic heterocycles. The number of ketones is 1. The number of benzene rings is 1. The number of phenolic OH excluding ortho intramolecular Hbond substituents is 1. The van der Waals surface area contributed by atoms with Crippen molar-refractivity contribution in [1.29, 1.82) is 0 Å². The maximum atomic E-state index is 11.3. The van der Waals surface area contributed by atoms with Gasteiger partial charge in [-0.2, -0.15) is 0 Å². The van der Waals surface area contributed by atoms with E-state index in [0.717, 1.165) is 44.9 Å². The highest BCUT2D eigenvalue weighted by Gasteiger charge is 2.09. The lowest BCUT2D eigenvalue weighted by Crippen LogP contribution is -2.27. The summed E-state index contributed by atoms with van der Waals surface area (Å²) in [7, 11) is 1.48. The second-order valence-corrected chi connectivity index (χ2v) is 6.95. The Morgan fingerprint density at radius 1 is 0.929 bits per heavy atom. The number of unbranched alkanes of at least 4 members (excludes halogenated alkanes) is 8. The van der Waals surface area contributed by atoms with E-state index < -0.39 is 5.91 Å². The van der Waals surface area contributed by atoms with Gasteiger partial charge < -0.3 is 15.2 Å². The standard InChI is InChI=1S/C23H35NO4/c1-24-23(27)21(26)17-12-10-8-6-4-2-3-5-7-9-11-15-19-28-22-18-14-13-16-20(22)25/h2,4,13-14,16,18,25H,3,5-12,15,17,19H2,1H3,(H,24,27)/b4-2-. The zero-order chi connectivity index (χ0) is 20.5. The van der Waals surface area contributed by atoms with E-state index in [1.807, 2.05) is 6.07 Å². The first-order chi connectivity index (χ1) is 13.6. The fourth-order valence-corrected chi connectivity index (χ4v) is 2.87. The zero-order valence-electron chi connectivity index (χ0n) is 17.1. The molecule has 1 aromatic rings. The highest BCUT2D eigenvalue weighted by Crippen LogP contribution is 2.24. The summed E-state index contributed by atoms with van der Waals surface area (Å²) in [6, 6.07) is 7.06. The number of Topliss-reactive ketones (excluding diaryl/α,β-unsaturated/α-hetero) is 1. The van der Waals surface area contributed by atoms with Crippen LogP contribution in [0.5, 0.6) is 11.5 Å².